The Morgan fingerprint density at radius 3 is 0.785 bits per heavy atom. The zero-order valence-corrected chi connectivity index (χ0v) is 52.1. The van der Waals surface area contributed by atoms with Crippen molar-refractivity contribution in [1.29, 1.82) is 0 Å². The maximum Gasteiger partial charge on any atom is 0.306 e. The minimum Gasteiger partial charge on any atom is -0.462 e. The highest BCUT2D eigenvalue weighted by Gasteiger charge is 2.19. The molecule has 0 heterocycles. The van der Waals surface area contributed by atoms with E-state index >= 15 is 0 Å². The average molecular weight is 1100 g/mol. The number of carbonyl (C=O) groups is 3. The highest BCUT2D eigenvalue weighted by atomic mass is 16.6. The normalized spacial score (nSPS) is 12.7. The molecule has 0 aromatic rings. The summed E-state index contributed by atoms with van der Waals surface area (Å²) in [4.78, 5) is 38.4. The molecule has 1 atom stereocenters. The summed E-state index contributed by atoms with van der Waals surface area (Å²) in [6.45, 7) is 6.53. The van der Waals surface area contributed by atoms with Crippen molar-refractivity contribution in [3.8, 4) is 0 Å². The summed E-state index contributed by atoms with van der Waals surface area (Å²) >= 11 is 0. The minimum absolute atomic E-state index is 0.0840. The van der Waals surface area contributed by atoms with Gasteiger partial charge in [-0.25, -0.2) is 0 Å². The number of unbranched alkanes of at least 4 members (excludes halogenated alkanes) is 34. The first-order valence-corrected chi connectivity index (χ1v) is 33.7. The molecule has 454 valence electrons. The molecule has 0 bridgehead atoms. The lowest BCUT2D eigenvalue weighted by atomic mass is 10.0. The Morgan fingerprint density at radius 2 is 0.494 bits per heavy atom. The van der Waals surface area contributed by atoms with Gasteiger partial charge >= 0.3 is 17.9 Å². The Balaban J connectivity index is 4.36. The van der Waals surface area contributed by atoms with Crippen molar-refractivity contribution in [2.75, 3.05) is 13.2 Å². The highest BCUT2D eigenvalue weighted by Crippen LogP contribution is 2.17. The van der Waals surface area contributed by atoms with Crippen LogP contribution in [-0.4, -0.2) is 37.2 Å². The molecular weight excluding hydrogens is 973 g/mol. The molecule has 1 unspecified atom stereocenters. The summed E-state index contributed by atoms with van der Waals surface area (Å²) < 4.78 is 17.0. The van der Waals surface area contributed by atoms with Crippen molar-refractivity contribution in [3.63, 3.8) is 0 Å². The lowest BCUT2D eigenvalue weighted by molar-refractivity contribution is -0.167. The fourth-order valence-corrected chi connectivity index (χ4v) is 9.54. The van der Waals surface area contributed by atoms with Gasteiger partial charge in [0.25, 0.3) is 0 Å². The second-order valence-electron chi connectivity index (χ2n) is 22.4. The van der Waals surface area contributed by atoms with Gasteiger partial charge in [-0.2, -0.15) is 0 Å². The van der Waals surface area contributed by atoms with Crippen molar-refractivity contribution in [2.24, 2.45) is 0 Å². The average Bonchev–Trinajstić information content (AvgIpc) is 3.45. The molecule has 6 heteroatoms. The van der Waals surface area contributed by atoms with Crippen molar-refractivity contribution >= 4 is 17.9 Å². The molecule has 0 radical (unpaired) electrons. The molecule has 0 N–H and O–H groups in total. The molecule has 0 saturated carbocycles. The maximum atomic E-state index is 12.9. The van der Waals surface area contributed by atoms with Crippen LogP contribution in [0.5, 0.6) is 0 Å². The van der Waals surface area contributed by atoms with Gasteiger partial charge in [-0.15, -0.1) is 0 Å². The van der Waals surface area contributed by atoms with E-state index in [1.807, 2.05) is 0 Å². The van der Waals surface area contributed by atoms with Crippen LogP contribution in [-0.2, 0) is 28.6 Å². The van der Waals surface area contributed by atoms with Crippen LogP contribution in [0.25, 0.3) is 0 Å². The Labute approximate surface area is 489 Å². The van der Waals surface area contributed by atoms with Crippen molar-refractivity contribution < 1.29 is 28.6 Å². The highest BCUT2D eigenvalue weighted by molar-refractivity contribution is 5.71. The number of allylic oxidation sites excluding steroid dienone is 16. The molecular formula is C73H126O6. The molecule has 79 heavy (non-hydrogen) atoms. The molecule has 0 aromatic heterocycles. The maximum absolute atomic E-state index is 12.9. The SMILES string of the molecule is CC/C=C\C/C=C\C/C=C\C/C=C\C/C=C\C/C=C\CCCCCCCCCCC(=O)OCC(COC(=O)CCCCCCC/C=C\C/C=C\CCCCCC)OC(=O)CCCCCCCCCCCCCCCCCCCC. The molecule has 0 aliphatic carbocycles. The number of carbonyl (C=O) groups excluding carboxylic acids is 3. The third-order valence-corrected chi connectivity index (χ3v) is 14.6. The third kappa shape index (κ3) is 65.0. The summed E-state index contributed by atoms with van der Waals surface area (Å²) in [6.07, 6.45) is 89.8. The summed E-state index contributed by atoms with van der Waals surface area (Å²) in [5, 5.41) is 0. The first-order chi connectivity index (χ1) is 39.0. The van der Waals surface area contributed by atoms with Gasteiger partial charge in [-0.05, 0) is 103 Å². The van der Waals surface area contributed by atoms with Crippen LogP contribution >= 0.6 is 0 Å². The van der Waals surface area contributed by atoms with Gasteiger partial charge in [0.1, 0.15) is 13.2 Å². The van der Waals surface area contributed by atoms with Gasteiger partial charge in [0.2, 0.25) is 0 Å². The number of rotatable bonds is 61. The Bertz CT molecular complexity index is 1540. The van der Waals surface area contributed by atoms with Crippen LogP contribution in [0.3, 0.4) is 0 Å². The number of esters is 3. The fourth-order valence-electron chi connectivity index (χ4n) is 9.54. The van der Waals surface area contributed by atoms with Gasteiger partial charge in [-0.1, -0.05) is 304 Å². The van der Waals surface area contributed by atoms with Gasteiger partial charge in [0.15, 0.2) is 6.10 Å². The van der Waals surface area contributed by atoms with E-state index in [2.05, 4.69) is 118 Å². The van der Waals surface area contributed by atoms with Crippen molar-refractivity contribution in [2.45, 2.75) is 335 Å². The predicted octanol–water partition coefficient (Wildman–Crippen LogP) is 23.2. The molecule has 0 aromatic carbocycles. The van der Waals surface area contributed by atoms with E-state index in [9.17, 15) is 14.4 Å². The monoisotopic (exact) mass is 1100 g/mol. The van der Waals surface area contributed by atoms with Crippen LogP contribution in [0.2, 0.25) is 0 Å². The summed E-state index contributed by atoms with van der Waals surface area (Å²) in [7, 11) is 0. The fraction of sp³-hybridized carbons (Fsp3) is 0.740. The van der Waals surface area contributed by atoms with Gasteiger partial charge in [0, 0.05) is 19.3 Å². The molecule has 0 fully saturated rings. The largest absolute Gasteiger partial charge is 0.462 e. The summed E-state index contributed by atoms with van der Waals surface area (Å²) in [5.41, 5.74) is 0. The number of ether oxygens (including phenoxy) is 3. The number of hydrogen-bond acceptors (Lipinski definition) is 6. The van der Waals surface area contributed by atoms with Crippen molar-refractivity contribution in [3.05, 3.63) is 97.2 Å². The zero-order valence-electron chi connectivity index (χ0n) is 52.1. The summed E-state index contributed by atoms with van der Waals surface area (Å²) in [5.74, 6) is -0.890. The molecule has 0 aliphatic heterocycles. The van der Waals surface area contributed by atoms with E-state index in [0.717, 1.165) is 122 Å². The van der Waals surface area contributed by atoms with E-state index in [0.29, 0.717) is 19.3 Å². The first kappa shape index (κ1) is 75.3. The van der Waals surface area contributed by atoms with Crippen LogP contribution in [0, 0.1) is 0 Å². The van der Waals surface area contributed by atoms with E-state index in [-0.39, 0.29) is 31.1 Å². The lowest BCUT2D eigenvalue weighted by Crippen LogP contribution is -2.30. The van der Waals surface area contributed by atoms with Crippen LogP contribution in [0.15, 0.2) is 97.2 Å². The topological polar surface area (TPSA) is 78.9 Å². The third-order valence-electron chi connectivity index (χ3n) is 14.6. The molecule has 0 rings (SSSR count). The van der Waals surface area contributed by atoms with Gasteiger partial charge in [-0.3, -0.25) is 14.4 Å². The van der Waals surface area contributed by atoms with Gasteiger partial charge in [0.05, 0.1) is 0 Å². The minimum atomic E-state index is -0.787. The van der Waals surface area contributed by atoms with Crippen LogP contribution in [0.4, 0.5) is 0 Å². The Kier molecular flexibility index (Phi) is 63.7. The summed E-state index contributed by atoms with van der Waals surface area (Å²) in [6, 6.07) is 0. The van der Waals surface area contributed by atoms with E-state index in [1.54, 1.807) is 0 Å². The molecule has 6 nitrogen and oxygen atoms in total. The second-order valence-corrected chi connectivity index (χ2v) is 22.4. The molecule has 0 amide bonds. The van der Waals surface area contributed by atoms with Crippen LogP contribution < -0.4 is 0 Å². The quantitative estimate of drug-likeness (QED) is 0.0261. The Hall–Kier alpha value is -3.67. The molecule has 0 aliphatic rings. The molecule has 0 spiro atoms. The zero-order chi connectivity index (χ0) is 57.1. The number of hydrogen-bond donors (Lipinski definition) is 0. The second kappa shape index (κ2) is 66.8. The predicted molar refractivity (Wildman–Crippen MR) is 344 cm³/mol. The lowest BCUT2D eigenvalue weighted by Gasteiger charge is -2.18. The van der Waals surface area contributed by atoms with Crippen molar-refractivity contribution in [1.82, 2.24) is 0 Å². The van der Waals surface area contributed by atoms with E-state index < -0.39 is 6.10 Å². The van der Waals surface area contributed by atoms with Gasteiger partial charge < -0.3 is 14.2 Å². The smallest absolute Gasteiger partial charge is 0.306 e. The van der Waals surface area contributed by atoms with Crippen LogP contribution in [0.1, 0.15) is 329 Å². The van der Waals surface area contributed by atoms with E-state index in [4.69, 9.17) is 14.2 Å². The standard InChI is InChI=1S/C73H126O6/c1-4-7-10-13-16-19-22-25-28-31-33-34-35-36-37-38-39-40-41-43-45-48-51-54-57-60-63-66-72(75)78-69-70(68-77-71(74)65-62-59-56-53-50-47-44-30-27-24-21-18-15-12-9-6-3)79-73(76)67-64-61-58-55-52-49-46-42-32-29-26-23-20-17-14-11-8-5-2/h7,10,16,19,21,24-25,28,30,33-34,36-37,39-40,44,70H,4-6,8-9,11-15,17-18,20,22-23,26-27,29,31-32,35,38,41-43,45-69H2,1-3H3/b10-7-,19-16-,24-21-,28-25-,34-33-,37-36-,40-39-,44-30-. The Morgan fingerprint density at radius 1 is 0.266 bits per heavy atom. The first-order valence-electron chi connectivity index (χ1n) is 33.7. The molecule has 0 saturated heterocycles. The van der Waals surface area contributed by atoms with E-state index in [1.165, 1.54) is 167 Å².